The van der Waals surface area contributed by atoms with Gasteiger partial charge in [-0.05, 0) is 35.9 Å². The maximum Gasteiger partial charge on any atom is 0.156 e. The molecule has 0 aliphatic carbocycles. The van der Waals surface area contributed by atoms with Gasteiger partial charge in [-0.2, -0.15) is 0 Å². The largest absolute Gasteiger partial charge is 0.455 e. The second-order valence-electron chi connectivity index (χ2n) is 10.6. The third kappa shape index (κ3) is 2.39. The zero-order valence-electron chi connectivity index (χ0n) is 21.0. The van der Waals surface area contributed by atoms with Crippen LogP contribution in [0.4, 0.5) is 0 Å². The number of nitrogens with zero attached hydrogens (tertiary/aromatic N) is 1. The average Bonchev–Trinajstić information content (AvgIpc) is 3.65. The zero-order valence-corrected chi connectivity index (χ0v) is 21.8. The quantitative estimate of drug-likeness (QED) is 0.195. The van der Waals surface area contributed by atoms with E-state index in [1.807, 2.05) is 24.3 Å². The monoisotopic (exact) mass is 531 g/mol. The fourth-order valence-corrected chi connectivity index (χ4v) is 7.26. The Morgan fingerprint density at radius 2 is 1.23 bits per heavy atom. The van der Waals surface area contributed by atoms with Crippen LogP contribution in [-0.2, 0) is 0 Å². The molecule has 6 aromatic carbocycles. The average molecular weight is 532 g/mol. The van der Waals surface area contributed by atoms with Crippen molar-refractivity contribution in [2.24, 2.45) is 0 Å². The van der Waals surface area contributed by atoms with Crippen molar-refractivity contribution in [3.8, 4) is 27.9 Å². The van der Waals surface area contributed by atoms with Crippen molar-refractivity contribution < 1.29 is 8.83 Å². The van der Waals surface area contributed by atoms with Gasteiger partial charge in [0.05, 0.1) is 27.1 Å². The van der Waals surface area contributed by atoms with Gasteiger partial charge in [-0.15, -0.1) is 0 Å². The highest BCUT2D eigenvalue weighted by Crippen LogP contribution is 2.53. The van der Waals surface area contributed by atoms with E-state index in [1.165, 1.54) is 10.8 Å². The summed E-state index contributed by atoms with van der Waals surface area (Å²) in [6.45, 7) is 0. The molecule has 0 bridgehead atoms. The zero-order chi connectivity index (χ0) is 26.1. The summed E-state index contributed by atoms with van der Waals surface area (Å²) < 4.78 is 15.5. The van der Waals surface area contributed by atoms with Gasteiger partial charge in [0.1, 0.15) is 16.7 Å². The molecule has 0 unspecified atom stereocenters. The molecule has 0 fully saturated rings. The molecule has 0 saturated carbocycles. The summed E-state index contributed by atoms with van der Waals surface area (Å²) >= 11 is 7.05. The van der Waals surface area contributed by atoms with Crippen LogP contribution in [0.5, 0.6) is 0 Å². The third-order valence-corrected chi connectivity index (χ3v) is 8.88. The summed E-state index contributed by atoms with van der Waals surface area (Å²) in [6.07, 6.45) is 0. The molecule has 186 valence electrons. The van der Waals surface area contributed by atoms with E-state index >= 15 is 0 Å². The number of halogens is 1. The van der Waals surface area contributed by atoms with Crippen LogP contribution in [0.3, 0.4) is 0 Å². The smallest absolute Gasteiger partial charge is 0.156 e. The molecule has 40 heavy (non-hydrogen) atoms. The Labute approximate surface area is 232 Å². The molecule has 10 rings (SSSR count). The normalized spacial score (nSPS) is 12.6. The lowest BCUT2D eigenvalue weighted by atomic mass is 9.91. The van der Waals surface area contributed by atoms with Crippen LogP contribution in [-0.4, -0.2) is 4.57 Å². The van der Waals surface area contributed by atoms with Gasteiger partial charge in [0.15, 0.2) is 5.58 Å². The Balaban J connectivity index is 1.55. The van der Waals surface area contributed by atoms with Crippen LogP contribution in [0.15, 0.2) is 118 Å². The minimum Gasteiger partial charge on any atom is -0.455 e. The summed E-state index contributed by atoms with van der Waals surface area (Å²) in [5, 5.41) is 7.31. The summed E-state index contributed by atoms with van der Waals surface area (Å²) in [6, 6.07) is 38.2. The molecule has 3 aromatic heterocycles. The minimum atomic E-state index is 0.597. The second kappa shape index (κ2) is 7.15. The number of para-hydroxylation sites is 4. The molecule has 0 radical (unpaired) electrons. The molecule has 0 N–H and O–H groups in total. The Bertz CT molecular complexity index is 2560. The van der Waals surface area contributed by atoms with Gasteiger partial charge in [0.2, 0.25) is 0 Å². The first-order chi connectivity index (χ1) is 19.8. The first-order valence-electron chi connectivity index (χ1n) is 13.4. The number of rotatable bonds is 0. The highest BCUT2D eigenvalue weighted by atomic mass is 35.5. The number of benzene rings is 6. The molecule has 0 spiro atoms. The molecule has 0 amide bonds. The van der Waals surface area contributed by atoms with E-state index in [0.29, 0.717) is 10.6 Å². The lowest BCUT2D eigenvalue weighted by molar-refractivity contribution is 0.669. The van der Waals surface area contributed by atoms with Crippen molar-refractivity contribution in [3.05, 3.63) is 114 Å². The number of furan rings is 2. The molecule has 4 heteroatoms. The van der Waals surface area contributed by atoms with Crippen molar-refractivity contribution in [3.63, 3.8) is 0 Å². The number of fused-ring (bicyclic) bond motifs is 16. The molecule has 0 saturated heterocycles. The summed E-state index contributed by atoms with van der Waals surface area (Å²) in [5.74, 6) is 0. The van der Waals surface area contributed by atoms with E-state index in [-0.39, 0.29) is 0 Å². The van der Waals surface area contributed by atoms with Crippen LogP contribution in [0.2, 0.25) is 5.02 Å². The lowest BCUT2D eigenvalue weighted by Gasteiger charge is -2.15. The van der Waals surface area contributed by atoms with Crippen LogP contribution in [0.1, 0.15) is 0 Å². The van der Waals surface area contributed by atoms with Crippen LogP contribution >= 0.6 is 11.6 Å². The van der Waals surface area contributed by atoms with Crippen molar-refractivity contribution >= 4 is 77.3 Å². The molecule has 1 aliphatic rings. The maximum absolute atomic E-state index is 7.05. The van der Waals surface area contributed by atoms with Crippen LogP contribution in [0, 0.1) is 0 Å². The van der Waals surface area contributed by atoms with Crippen molar-refractivity contribution in [1.29, 1.82) is 0 Å². The second-order valence-corrected chi connectivity index (χ2v) is 11.0. The van der Waals surface area contributed by atoms with E-state index in [1.54, 1.807) is 0 Å². The van der Waals surface area contributed by atoms with Gasteiger partial charge < -0.3 is 13.4 Å². The van der Waals surface area contributed by atoms with Crippen LogP contribution < -0.4 is 0 Å². The maximum atomic E-state index is 7.05. The van der Waals surface area contributed by atoms with E-state index in [9.17, 15) is 0 Å². The fourth-order valence-electron chi connectivity index (χ4n) is 7.01. The summed E-state index contributed by atoms with van der Waals surface area (Å²) in [4.78, 5) is 0. The Hall–Kier alpha value is -4.99. The molecular weight excluding hydrogens is 514 g/mol. The first kappa shape index (κ1) is 20.9. The van der Waals surface area contributed by atoms with Crippen molar-refractivity contribution in [1.82, 2.24) is 4.57 Å². The highest BCUT2D eigenvalue weighted by Gasteiger charge is 2.30. The standard InChI is InChI=1S/C36H18ClNO2/c37-27-18-26-21-16-17-23-20-9-2-5-14-29(20)39-35(23)31(21)25-12-7-11-22-19-8-1-4-13-28(19)38(33(22)25)34(26)32-24-10-3-6-15-30(24)40-36(27)32/h1-18H. The lowest BCUT2D eigenvalue weighted by Crippen LogP contribution is -1.97. The molecular formula is C36H18ClNO2. The van der Waals surface area contributed by atoms with Gasteiger partial charge >= 0.3 is 0 Å². The van der Waals surface area contributed by atoms with Gasteiger partial charge in [-0.1, -0.05) is 90.5 Å². The highest BCUT2D eigenvalue weighted by molar-refractivity contribution is 6.38. The van der Waals surface area contributed by atoms with Gasteiger partial charge in [0, 0.05) is 43.6 Å². The molecule has 0 atom stereocenters. The number of hydrogen-bond acceptors (Lipinski definition) is 2. The number of hydrogen-bond donors (Lipinski definition) is 0. The molecule has 9 aromatic rings. The van der Waals surface area contributed by atoms with Gasteiger partial charge in [-0.25, -0.2) is 0 Å². The Morgan fingerprint density at radius 1 is 0.525 bits per heavy atom. The topological polar surface area (TPSA) is 31.2 Å². The predicted molar refractivity (Wildman–Crippen MR) is 165 cm³/mol. The fraction of sp³-hybridized carbons (Fsp3) is 0. The predicted octanol–water partition coefficient (Wildman–Crippen LogP) is 10.9. The van der Waals surface area contributed by atoms with E-state index in [4.69, 9.17) is 20.4 Å². The van der Waals surface area contributed by atoms with Crippen LogP contribution in [0.25, 0.3) is 93.6 Å². The Morgan fingerprint density at radius 3 is 2.10 bits per heavy atom. The molecule has 3 nitrogen and oxygen atoms in total. The van der Waals surface area contributed by atoms with E-state index in [2.05, 4.69) is 89.5 Å². The summed E-state index contributed by atoms with van der Waals surface area (Å²) in [7, 11) is 0. The van der Waals surface area contributed by atoms with Gasteiger partial charge in [0.25, 0.3) is 0 Å². The van der Waals surface area contributed by atoms with Crippen molar-refractivity contribution in [2.75, 3.05) is 0 Å². The third-order valence-electron chi connectivity index (χ3n) is 8.60. The number of aromatic nitrogens is 1. The molecule has 4 heterocycles. The Kier molecular flexibility index (Phi) is 3.74. The molecule has 1 aliphatic heterocycles. The van der Waals surface area contributed by atoms with E-state index in [0.717, 1.165) is 77.3 Å². The SMILES string of the molecule is Clc1cc2c(c3c1oc1ccccc13)-n1c3ccccc3c3cccc(c31)-c1c-2ccc2c1oc1ccccc12. The minimum absolute atomic E-state index is 0.597. The van der Waals surface area contributed by atoms with Gasteiger partial charge in [-0.3, -0.25) is 0 Å². The van der Waals surface area contributed by atoms with Crippen molar-refractivity contribution in [2.45, 2.75) is 0 Å². The summed E-state index contributed by atoms with van der Waals surface area (Å²) in [5.41, 5.74) is 11.1. The first-order valence-corrected chi connectivity index (χ1v) is 13.8. The van der Waals surface area contributed by atoms with E-state index < -0.39 is 0 Å².